The number of methoxy groups -OCH3 is 2. The van der Waals surface area contributed by atoms with Crippen molar-refractivity contribution in [2.75, 3.05) is 20.8 Å². The molecule has 5 aromatic rings. The van der Waals surface area contributed by atoms with Crippen molar-refractivity contribution in [1.82, 2.24) is 9.13 Å². The van der Waals surface area contributed by atoms with Crippen LogP contribution in [-0.4, -0.2) is 35.9 Å². The van der Waals surface area contributed by atoms with Gasteiger partial charge >= 0.3 is 5.97 Å². The number of ether oxygens (including phenoxy) is 3. The SMILES string of the molecule is CCOC(=O)C1=C(c2ccccc2)N=c2s/c(=C\c3cc(C)n(-c4ccc(F)cc4)c3C)c(=O)n2[C@@H]1c1ccc(OC)c(OC)c1. The van der Waals surface area contributed by atoms with Gasteiger partial charge in [0.05, 0.1) is 42.7 Å². The summed E-state index contributed by atoms with van der Waals surface area (Å²) in [5.74, 6) is 0.0904. The molecule has 6 rings (SSSR count). The van der Waals surface area contributed by atoms with Gasteiger partial charge in [-0.15, -0.1) is 0 Å². The smallest absolute Gasteiger partial charge is 0.338 e. The van der Waals surface area contributed by atoms with E-state index in [-0.39, 0.29) is 23.6 Å². The van der Waals surface area contributed by atoms with Crippen LogP contribution >= 0.6 is 11.3 Å². The van der Waals surface area contributed by atoms with Gasteiger partial charge in [0.1, 0.15) is 5.82 Å². The third-order valence-corrected chi connectivity index (χ3v) is 8.92. The van der Waals surface area contributed by atoms with Crippen molar-refractivity contribution >= 4 is 29.1 Å². The Labute approximate surface area is 269 Å². The molecule has 234 valence electrons. The van der Waals surface area contributed by atoms with Crippen molar-refractivity contribution in [3.63, 3.8) is 0 Å². The van der Waals surface area contributed by atoms with E-state index in [9.17, 15) is 14.0 Å². The lowest BCUT2D eigenvalue weighted by Gasteiger charge is -2.26. The first-order valence-electron chi connectivity index (χ1n) is 14.7. The second-order valence-electron chi connectivity index (χ2n) is 10.7. The topological polar surface area (TPSA) is 84.1 Å². The summed E-state index contributed by atoms with van der Waals surface area (Å²) in [6, 6.07) is 22.1. The number of hydrogen-bond acceptors (Lipinski definition) is 7. The zero-order valence-electron chi connectivity index (χ0n) is 26.0. The maximum atomic E-state index is 14.4. The van der Waals surface area contributed by atoms with E-state index in [1.165, 1.54) is 30.6 Å². The zero-order chi connectivity index (χ0) is 32.5. The molecule has 3 heterocycles. The Morgan fingerprint density at radius 2 is 1.70 bits per heavy atom. The summed E-state index contributed by atoms with van der Waals surface area (Å²) in [4.78, 5) is 33.5. The van der Waals surface area contributed by atoms with Crippen LogP contribution in [0.4, 0.5) is 4.39 Å². The molecule has 0 saturated carbocycles. The Hall–Kier alpha value is -5.22. The fourth-order valence-electron chi connectivity index (χ4n) is 5.84. The predicted octanol–water partition coefficient (Wildman–Crippen LogP) is 5.50. The van der Waals surface area contributed by atoms with Crippen LogP contribution < -0.4 is 24.4 Å². The Balaban J connectivity index is 1.61. The molecular weight excluding hydrogens is 605 g/mol. The number of esters is 1. The molecule has 0 amide bonds. The van der Waals surface area contributed by atoms with E-state index in [0.29, 0.717) is 32.1 Å². The minimum absolute atomic E-state index is 0.150. The molecule has 0 unspecified atom stereocenters. The largest absolute Gasteiger partial charge is 0.493 e. The molecule has 1 aliphatic rings. The normalized spacial score (nSPS) is 14.6. The number of hydrogen-bond donors (Lipinski definition) is 0. The molecular formula is C36H32FN3O5S. The molecule has 0 N–H and O–H groups in total. The Bertz CT molecular complexity index is 2160. The summed E-state index contributed by atoms with van der Waals surface area (Å²) in [5, 5.41) is 0. The van der Waals surface area contributed by atoms with E-state index in [1.54, 1.807) is 42.9 Å². The van der Waals surface area contributed by atoms with Crippen LogP contribution in [0.1, 0.15) is 41.0 Å². The molecule has 1 aliphatic heterocycles. The summed E-state index contributed by atoms with van der Waals surface area (Å²) >= 11 is 1.25. The second-order valence-corrected chi connectivity index (χ2v) is 11.7. The number of thiazole rings is 1. The Kier molecular flexibility index (Phi) is 8.46. The number of fused-ring (bicyclic) bond motifs is 1. The monoisotopic (exact) mass is 637 g/mol. The Morgan fingerprint density at radius 1 is 0.978 bits per heavy atom. The third kappa shape index (κ3) is 5.45. The average Bonchev–Trinajstić information content (AvgIpc) is 3.53. The third-order valence-electron chi connectivity index (χ3n) is 7.94. The number of aromatic nitrogens is 2. The molecule has 46 heavy (non-hydrogen) atoms. The molecule has 0 aliphatic carbocycles. The molecule has 3 aromatic carbocycles. The first kappa shape index (κ1) is 30.8. The highest BCUT2D eigenvalue weighted by atomic mass is 32.1. The van der Waals surface area contributed by atoms with Crippen molar-refractivity contribution < 1.29 is 23.4 Å². The summed E-state index contributed by atoms with van der Waals surface area (Å²) in [6.07, 6.45) is 1.84. The van der Waals surface area contributed by atoms with Crippen molar-refractivity contribution in [3.05, 3.63) is 138 Å². The van der Waals surface area contributed by atoms with Gasteiger partial charge in [0.15, 0.2) is 16.3 Å². The molecule has 1 atom stereocenters. The molecule has 0 bridgehead atoms. The highest BCUT2D eigenvalue weighted by Gasteiger charge is 2.35. The average molecular weight is 638 g/mol. The number of aryl methyl sites for hydroxylation is 1. The summed E-state index contributed by atoms with van der Waals surface area (Å²) in [7, 11) is 3.08. The van der Waals surface area contributed by atoms with Crippen molar-refractivity contribution in [2.45, 2.75) is 26.8 Å². The van der Waals surface area contributed by atoms with Gasteiger partial charge in [-0.25, -0.2) is 14.2 Å². The second kappa shape index (κ2) is 12.6. The molecule has 2 aromatic heterocycles. The number of halogens is 1. The first-order valence-corrected chi connectivity index (χ1v) is 15.5. The van der Waals surface area contributed by atoms with Crippen LogP contribution in [0.5, 0.6) is 11.5 Å². The van der Waals surface area contributed by atoms with Crippen molar-refractivity contribution in [3.8, 4) is 17.2 Å². The highest BCUT2D eigenvalue weighted by molar-refractivity contribution is 7.07. The number of carbonyl (C=O) groups is 1. The van der Waals surface area contributed by atoms with Crippen LogP contribution in [0, 0.1) is 19.7 Å². The van der Waals surface area contributed by atoms with Crippen molar-refractivity contribution in [1.29, 1.82) is 0 Å². The maximum absolute atomic E-state index is 14.4. The first-order chi connectivity index (χ1) is 22.2. The molecule has 8 nitrogen and oxygen atoms in total. The summed E-state index contributed by atoms with van der Waals surface area (Å²) in [5.41, 5.74) is 5.20. The van der Waals surface area contributed by atoms with E-state index >= 15 is 0 Å². The highest BCUT2D eigenvalue weighted by Crippen LogP contribution is 2.38. The van der Waals surface area contributed by atoms with Crippen LogP contribution in [0.2, 0.25) is 0 Å². The van der Waals surface area contributed by atoms with E-state index in [1.807, 2.05) is 67.0 Å². The molecule has 0 radical (unpaired) electrons. The van der Waals surface area contributed by atoms with Crippen LogP contribution in [0.3, 0.4) is 0 Å². The predicted molar refractivity (Wildman–Crippen MR) is 176 cm³/mol. The molecule has 10 heteroatoms. The minimum Gasteiger partial charge on any atom is -0.493 e. The number of rotatable bonds is 8. The van der Waals surface area contributed by atoms with Crippen LogP contribution in [0.15, 0.2) is 94.2 Å². The summed E-state index contributed by atoms with van der Waals surface area (Å²) < 4.78 is 34.3. The van der Waals surface area contributed by atoms with Crippen LogP contribution in [0.25, 0.3) is 17.5 Å². The lowest BCUT2D eigenvalue weighted by Crippen LogP contribution is -2.40. The van der Waals surface area contributed by atoms with E-state index < -0.39 is 12.0 Å². The maximum Gasteiger partial charge on any atom is 0.338 e. The van der Waals surface area contributed by atoms with E-state index in [0.717, 1.165) is 28.2 Å². The van der Waals surface area contributed by atoms with Gasteiger partial charge in [-0.1, -0.05) is 47.7 Å². The van der Waals surface area contributed by atoms with Gasteiger partial charge in [0, 0.05) is 22.6 Å². The van der Waals surface area contributed by atoms with Gasteiger partial charge in [0.25, 0.3) is 5.56 Å². The number of carbonyl (C=O) groups excluding carboxylic acids is 1. The van der Waals surface area contributed by atoms with Crippen LogP contribution in [-0.2, 0) is 9.53 Å². The Morgan fingerprint density at radius 3 is 2.37 bits per heavy atom. The fraction of sp³-hybridized carbons (Fsp3) is 0.194. The van der Waals surface area contributed by atoms with E-state index in [4.69, 9.17) is 19.2 Å². The van der Waals surface area contributed by atoms with Gasteiger partial charge < -0.3 is 18.8 Å². The van der Waals surface area contributed by atoms with E-state index in [2.05, 4.69) is 0 Å². The minimum atomic E-state index is -0.862. The van der Waals surface area contributed by atoms with Gasteiger partial charge in [-0.3, -0.25) is 9.36 Å². The van der Waals surface area contributed by atoms with Gasteiger partial charge in [0.2, 0.25) is 0 Å². The lowest BCUT2D eigenvalue weighted by molar-refractivity contribution is -0.138. The number of nitrogens with zero attached hydrogens (tertiary/aromatic N) is 3. The van der Waals surface area contributed by atoms with Gasteiger partial charge in [-0.2, -0.15) is 0 Å². The van der Waals surface area contributed by atoms with Crippen molar-refractivity contribution in [2.24, 2.45) is 4.99 Å². The molecule has 0 fully saturated rings. The van der Waals surface area contributed by atoms with Gasteiger partial charge in [-0.05, 0) is 80.4 Å². The lowest BCUT2D eigenvalue weighted by atomic mass is 9.93. The fourth-order valence-corrected chi connectivity index (χ4v) is 6.83. The molecule has 0 spiro atoms. The molecule has 0 saturated heterocycles. The summed E-state index contributed by atoms with van der Waals surface area (Å²) in [6.45, 7) is 5.81. The zero-order valence-corrected chi connectivity index (χ0v) is 26.9. The quantitative estimate of drug-likeness (QED) is 0.210. The standard InChI is InChI=1S/C36H32FN3O5S/c1-6-45-35(42)31-32(23-10-8-7-9-11-23)38-36-40(33(31)24-12-17-28(43-4)29(19-24)44-5)34(41)30(46-36)20-25-18-21(2)39(22(25)3)27-15-13-26(37)14-16-27/h7-20,33H,6H2,1-5H3/b30-20-/t33-/m1/s1. The number of benzene rings is 3.